The minimum absolute atomic E-state index is 0.422. The summed E-state index contributed by atoms with van der Waals surface area (Å²) < 4.78 is 0. The molecule has 0 aromatic heterocycles. The average molecular weight is 166 g/mol. The van der Waals surface area contributed by atoms with E-state index in [0.29, 0.717) is 8.27 Å². The van der Waals surface area contributed by atoms with Crippen molar-refractivity contribution in [1.82, 2.24) is 0 Å². The van der Waals surface area contributed by atoms with Crippen molar-refractivity contribution >= 4 is 16.5 Å². The molecule has 1 unspecified atom stereocenters. The SMILES string of the molecule is CCCCCP[PH3]CC. The first-order chi connectivity index (χ1) is 4.41. The molecule has 0 aliphatic rings. The summed E-state index contributed by atoms with van der Waals surface area (Å²) in [6.45, 7) is 4.61. The van der Waals surface area contributed by atoms with Crippen LogP contribution in [0, 0.1) is 0 Å². The van der Waals surface area contributed by atoms with Crippen LogP contribution in [0.3, 0.4) is 0 Å². The molecule has 0 aromatic carbocycles. The molecule has 1 atom stereocenters. The van der Waals surface area contributed by atoms with Gasteiger partial charge < -0.3 is 0 Å². The van der Waals surface area contributed by atoms with Gasteiger partial charge in [0.25, 0.3) is 0 Å². The van der Waals surface area contributed by atoms with E-state index in [-0.39, 0.29) is 0 Å². The quantitative estimate of drug-likeness (QED) is 0.420. The molecule has 0 aliphatic carbocycles. The standard InChI is InChI=1S/C7H20P2/c1-3-5-6-7-9-8-4-2/h9H,3-7H2,1-2,8H3. The molecule has 58 valence electrons. The first-order valence-electron chi connectivity index (χ1n) is 4.12. The third-order valence-corrected chi connectivity index (χ3v) is 6.57. The Bertz CT molecular complexity index is 40.2. The molecular weight excluding hydrogens is 146 g/mol. The predicted molar refractivity (Wildman–Crippen MR) is 54.4 cm³/mol. The van der Waals surface area contributed by atoms with Crippen LogP contribution in [0.2, 0.25) is 0 Å². The summed E-state index contributed by atoms with van der Waals surface area (Å²) in [5.41, 5.74) is 0. The van der Waals surface area contributed by atoms with Crippen LogP contribution in [-0.4, -0.2) is 12.3 Å². The second-order valence-electron chi connectivity index (χ2n) is 2.46. The number of hydrogen-bond acceptors (Lipinski definition) is 0. The molecule has 0 fully saturated rings. The molecule has 0 amide bonds. The van der Waals surface area contributed by atoms with E-state index in [2.05, 4.69) is 13.8 Å². The van der Waals surface area contributed by atoms with Gasteiger partial charge in [-0.05, 0) is 0 Å². The molecule has 0 bridgehead atoms. The van der Waals surface area contributed by atoms with Crippen LogP contribution in [0.5, 0.6) is 0 Å². The molecule has 0 nitrogen and oxygen atoms in total. The van der Waals surface area contributed by atoms with E-state index in [1.807, 2.05) is 0 Å². The maximum atomic E-state index is 2.33. The van der Waals surface area contributed by atoms with Crippen LogP contribution in [0.4, 0.5) is 0 Å². The maximum absolute atomic E-state index is 2.33. The zero-order chi connectivity index (χ0) is 6.95. The third kappa shape index (κ3) is 8.86. The Labute approximate surface area is 62.7 Å². The van der Waals surface area contributed by atoms with Gasteiger partial charge in [-0.15, -0.1) is 0 Å². The summed E-state index contributed by atoms with van der Waals surface area (Å²) in [4.78, 5) is 0. The van der Waals surface area contributed by atoms with Crippen LogP contribution >= 0.6 is 16.5 Å². The topological polar surface area (TPSA) is 0 Å². The third-order valence-electron chi connectivity index (χ3n) is 1.38. The van der Waals surface area contributed by atoms with Crippen molar-refractivity contribution in [3.8, 4) is 0 Å². The molecule has 0 N–H and O–H groups in total. The number of unbranched alkanes of at least 4 members (excludes halogenated alkanes) is 2. The van der Waals surface area contributed by atoms with E-state index in [4.69, 9.17) is 0 Å². The van der Waals surface area contributed by atoms with Gasteiger partial charge in [0.2, 0.25) is 0 Å². The van der Waals surface area contributed by atoms with Crippen molar-refractivity contribution in [2.45, 2.75) is 33.1 Å². The van der Waals surface area contributed by atoms with Gasteiger partial charge in [0, 0.05) is 0 Å². The first kappa shape index (κ1) is 9.86. The molecule has 0 saturated heterocycles. The number of hydrogen-bond donors (Lipinski definition) is 0. The number of rotatable bonds is 6. The Balaban J connectivity index is 2.60. The van der Waals surface area contributed by atoms with Crippen LogP contribution in [-0.2, 0) is 0 Å². The summed E-state index contributed by atoms with van der Waals surface area (Å²) in [5, 5.41) is 0. The van der Waals surface area contributed by atoms with E-state index >= 15 is 0 Å². The van der Waals surface area contributed by atoms with Gasteiger partial charge in [-0.1, -0.05) is 0 Å². The Hall–Kier alpha value is 0.860. The van der Waals surface area contributed by atoms with E-state index < -0.39 is 0 Å². The van der Waals surface area contributed by atoms with Crippen LogP contribution in [0.25, 0.3) is 0 Å². The van der Waals surface area contributed by atoms with Gasteiger partial charge in [0.1, 0.15) is 0 Å². The Morgan fingerprint density at radius 1 is 1.22 bits per heavy atom. The second kappa shape index (κ2) is 8.86. The van der Waals surface area contributed by atoms with Crippen molar-refractivity contribution in [3.05, 3.63) is 0 Å². The van der Waals surface area contributed by atoms with E-state index in [1.165, 1.54) is 33.7 Å². The fraction of sp³-hybridized carbons (Fsp3) is 1.00. The van der Waals surface area contributed by atoms with E-state index in [9.17, 15) is 0 Å². The molecule has 0 aromatic rings. The molecule has 0 spiro atoms. The summed E-state index contributed by atoms with van der Waals surface area (Å²) in [6.07, 6.45) is 7.42. The van der Waals surface area contributed by atoms with E-state index in [0.717, 1.165) is 0 Å². The van der Waals surface area contributed by atoms with Crippen LogP contribution in [0.1, 0.15) is 33.1 Å². The molecule has 2 heteroatoms. The first-order valence-corrected chi connectivity index (χ1v) is 8.66. The summed E-state index contributed by atoms with van der Waals surface area (Å²) in [6, 6.07) is 0. The van der Waals surface area contributed by atoms with Gasteiger partial charge >= 0.3 is 62.0 Å². The molecule has 0 saturated carbocycles. The van der Waals surface area contributed by atoms with Crippen LogP contribution in [0.15, 0.2) is 0 Å². The van der Waals surface area contributed by atoms with Gasteiger partial charge in [0.05, 0.1) is 0 Å². The van der Waals surface area contributed by atoms with Crippen molar-refractivity contribution < 1.29 is 0 Å². The summed E-state index contributed by atoms with van der Waals surface area (Å²) in [5.74, 6) is 0. The zero-order valence-corrected chi connectivity index (χ0v) is 9.16. The van der Waals surface area contributed by atoms with Crippen molar-refractivity contribution in [3.63, 3.8) is 0 Å². The molecule has 0 rings (SSSR count). The zero-order valence-electron chi connectivity index (χ0n) is 6.74. The van der Waals surface area contributed by atoms with E-state index in [1.54, 1.807) is 6.16 Å². The normalized spacial score (nSPS) is 11.8. The molecule has 0 aliphatic heterocycles. The molecule has 0 heterocycles. The van der Waals surface area contributed by atoms with Gasteiger partial charge in [0.15, 0.2) is 0 Å². The summed E-state index contributed by atoms with van der Waals surface area (Å²) >= 11 is 0. The van der Waals surface area contributed by atoms with Crippen molar-refractivity contribution in [1.29, 1.82) is 0 Å². The fourth-order valence-corrected chi connectivity index (χ4v) is 4.47. The van der Waals surface area contributed by atoms with Gasteiger partial charge in [-0.2, -0.15) is 0 Å². The minimum atomic E-state index is 0.422. The van der Waals surface area contributed by atoms with Gasteiger partial charge in [-0.3, -0.25) is 0 Å². The average Bonchev–Trinajstić information content (AvgIpc) is 1.89. The summed E-state index contributed by atoms with van der Waals surface area (Å²) in [7, 11) is 1.80. The predicted octanol–water partition coefficient (Wildman–Crippen LogP) is 2.93. The molecular formula is C7H20P2. The Morgan fingerprint density at radius 3 is 2.56 bits per heavy atom. The fourth-order valence-electron chi connectivity index (χ4n) is 0.802. The molecule has 9 heavy (non-hydrogen) atoms. The Morgan fingerprint density at radius 2 is 2.00 bits per heavy atom. The van der Waals surface area contributed by atoms with Crippen LogP contribution < -0.4 is 0 Å². The Kier molecular flexibility index (Phi) is 9.71. The molecule has 0 radical (unpaired) electrons. The monoisotopic (exact) mass is 166 g/mol. The second-order valence-corrected chi connectivity index (χ2v) is 7.96. The van der Waals surface area contributed by atoms with Crippen molar-refractivity contribution in [2.75, 3.05) is 12.3 Å². The van der Waals surface area contributed by atoms with Crippen molar-refractivity contribution in [2.24, 2.45) is 0 Å². The van der Waals surface area contributed by atoms with Gasteiger partial charge in [-0.25, -0.2) is 0 Å².